The Hall–Kier alpha value is -6.57. The molecule has 0 saturated heterocycles. The van der Waals surface area contributed by atoms with Crippen LogP contribution in [0.5, 0.6) is 0 Å². The topological polar surface area (TPSA) is 54.5 Å². The van der Waals surface area contributed by atoms with Crippen molar-refractivity contribution in [1.82, 2.24) is 14.5 Å². The van der Waals surface area contributed by atoms with E-state index in [9.17, 15) is 5.26 Å². The number of benzene rings is 6. The Morgan fingerprint density at radius 3 is 2.00 bits per heavy atom. The van der Waals surface area contributed by atoms with Gasteiger partial charge in [0, 0.05) is 28.6 Å². The maximum atomic E-state index is 10.2. The lowest BCUT2D eigenvalue weighted by molar-refractivity contribution is 1.10. The second-order valence-electron chi connectivity index (χ2n) is 11.8. The van der Waals surface area contributed by atoms with E-state index in [1.54, 1.807) is 12.4 Å². The van der Waals surface area contributed by atoms with Crippen molar-refractivity contribution in [2.75, 3.05) is 0 Å². The van der Waals surface area contributed by atoms with Crippen LogP contribution in [0, 0.1) is 11.3 Å². The zero-order valence-electron chi connectivity index (χ0n) is 25.3. The minimum atomic E-state index is 0.597. The first-order valence-electron chi connectivity index (χ1n) is 15.6. The molecular formula is C43H26N4. The summed E-state index contributed by atoms with van der Waals surface area (Å²) >= 11 is 0. The molecule has 3 heterocycles. The van der Waals surface area contributed by atoms with Crippen molar-refractivity contribution < 1.29 is 0 Å². The van der Waals surface area contributed by atoms with Gasteiger partial charge in [0.1, 0.15) is 5.82 Å². The standard InChI is InChI=1S/C43H26N4/c44-27-34-26-43(46-40-25-33(16-18-37(34)40)29-20-22-45-23-21-29)47-41-11-4-3-9-38(41)39-24-32(17-19-42(39)47)28-12-14-31(15-13-28)36-10-5-7-30-6-1-2-8-35(30)36/h1-26H. The van der Waals surface area contributed by atoms with Gasteiger partial charge < -0.3 is 0 Å². The largest absolute Gasteiger partial charge is 0.294 e. The van der Waals surface area contributed by atoms with Crippen LogP contribution in [-0.2, 0) is 0 Å². The highest BCUT2D eigenvalue weighted by atomic mass is 15.1. The molecule has 0 aliphatic rings. The second kappa shape index (κ2) is 10.8. The molecule has 0 saturated carbocycles. The van der Waals surface area contributed by atoms with Crippen LogP contribution < -0.4 is 0 Å². The summed E-state index contributed by atoms with van der Waals surface area (Å²) in [4.78, 5) is 9.31. The number of nitriles is 1. The molecule has 0 atom stereocenters. The fourth-order valence-electron chi connectivity index (χ4n) is 6.86. The van der Waals surface area contributed by atoms with Crippen molar-refractivity contribution in [3.8, 4) is 45.3 Å². The van der Waals surface area contributed by atoms with E-state index in [0.717, 1.165) is 60.8 Å². The first-order valence-corrected chi connectivity index (χ1v) is 15.6. The van der Waals surface area contributed by atoms with Crippen molar-refractivity contribution in [2.24, 2.45) is 0 Å². The molecule has 0 spiro atoms. The van der Waals surface area contributed by atoms with Gasteiger partial charge in [0.25, 0.3) is 0 Å². The minimum absolute atomic E-state index is 0.597. The van der Waals surface area contributed by atoms with Gasteiger partial charge in [-0.1, -0.05) is 103 Å². The van der Waals surface area contributed by atoms with E-state index in [2.05, 4.69) is 131 Å². The van der Waals surface area contributed by atoms with Crippen molar-refractivity contribution in [3.05, 3.63) is 164 Å². The molecule has 4 nitrogen and oxygen atoms in total. The van der Waals surface area contributed by atoms with E-state index < -0.39 is 0 Å². The minimum Gasteiger partial charge on any atom is -0.294 e. The van der Waals surface area contributed by atoms with Crippen LogP contribution in [0.15, 0.2) is 158 Å². The first kappa shape index (κ1) is 26.8. The smallest absolute Gasteiger partial charge is 0.139 e. The third-order valence-electron chi connectivity index (χ3n) is 9.15. The van der Waals surface area contributed by atoms with E-state index in [4.69, 9.17) is 4.98 Å². The molecule has 9 aromatic rings. The van der Waals surface area contributed by atoms with Crippen LogP contribution >= 0.6 is 0 Å². The van der Waals surface area contributed by atoms with Gasteiger partial charge in [-0.25, -0.2) is 4.98 Å². The molecular weight excluding hydrogens is 573 g/mol. The van der Waals surface area contributed by atoms with Crippen molar-refractivity contribution >= 4 is 43.5 Å². The van der Waals surface area contributed by atoms with Crippen LogP contribution in [0.2, 0.25) is 0 Å². The summed E-state index contributed by atoms with van der Waals surface area (Å²) in [6, 6.07) is 53.3. The fourth-order valence-corrected chi connectivity index (χ4v) is 6.86. The number of para-hydroxylation sites is 1. The highest BCUT2D eigenvalue weighted by Crippen LogP contribution is 2.37. The van der Waals surface area contributed by atoms with Gasteiger partial charge in [0.05, 0.1) is 28.2 Å². The fraction of sp³-hybridized carbons (Fsp3) is 0. The third-order valence-corrected chi connectivity index (χ3v) is 9.15. The number of fused-ring (bicyclic) bond motifs is 5. The molecule has 0 bridgehead atoms. The number of pyridine rings is 2. The molecule has 0 aliphatic carbocycles. The van der Waals surface area contributed by atoms with Crippen LogP contribution in [0.4, 0.5) is 0 Å². The van der Waals surface area contributed by atoms with E-state index >= 15 is 0 Å². The number of hydrogen-bond acceptors (Lipinski definition) is 3. The summed E-state index contributed by atoms with van der Waals surface area (Å²) in [5, 5.41) is 15.8. The molecule has 6 aromatic carbocycles. The quantitative estimate of drug-likeness (QED) is 0.202. The molecule has 47 heavy (non-hydrogen) atoms. The SMILES string of the molecule is N#Cc1cc(-n2c3ccccc3c3cc(-c4ccc(-c5cccc6ccccc56)cc4)ccc32)nc2cc(-c3ccncc3)ccc12. The third kappa shape index (κ3) is 4.45. The second-order valence-corrected chi connectivity index (χ2v) is 11.8. The van der Waals surface area contributed by atoms with Crippen molar-refractivity contribution in [3.63, 3.8) is 0 Å². The van der Waals surface area contributed by atoms with Gasteiger partial charge in [0.15, 0.2) is 0 Å². The Balaban J connectivity index is 1.17. The average Bonchev–Trinajstić information content (AvgIpc) is 3.48. The zero-order chi connectivity index (χ0) is 31.3. The lowest BCUT2D eigenvalue weighted by atomic mass is 9.96. The van der Waals surface area contributed by atoms with Gasteiger partial charge >= 0.3 is 0 Å². The summed E-state index contributed by atoms with van der Waals surface area (Å²) in [7, 11) is 0. The van der Waals surface area contributed by atoms with Gasteiger partial charge in [-0.3, -0.25) is 9.55 Å². The summed E-state index contributed by atoms with van der Waals surface area (Å²) in [5.41, 5.74) is 10.3. The van der Waals surface area contributed by atoms with Gasteiger partial charge in [-0.15, -0.1) is 0 Å². The summed E-state index contributed by atoms with van der Waals surface area (Å²) in [6.07, 6.45) is 3.58. The molecule has 0 radical (unpaired) electrons. The molecule has 4 heteroatoms. The van der Waals surface area contributed by atoms with Gasteiger partial charge in [-0.05, 0) is 86.6 Å². The van der Waals surface area contributed by atoms with Crippen LogP contribution in [-0.4, -0.2) is 14.5 Å². The van der Waals surface area contributed by atoms with E-state index in [1.165, 1.54) is 21.9 Å². The van der Waals surface area contributed by atoms with E-state index in [0.29, 0.717) is 5.56 Å². The predicted octanol–water partition coefficient (Wildman–Crippen LogP) is 10.8. The molecule has 0 N–H and O–H groups in total. The van der Waals surface area contributed by atoms with Gasteiger partial charge in [-0.2, -0.15) is 5.26 Å². The molecule has 0 unspecified atom stereocenters. The lowest BCUT2D eigenvalue weighted by Crippen LogP contribution is -1.99. The molecule has 9 rings (SSSR count). The Bertz CT molecular complexity index is 2670. The Labute approximate surface area is 271 Å². The van der Waals surface area contributed by atoms with Crippen molar-refractivity contribution in [2.45, 2.75) is 0 Å². The number of rotatable bonds is 4. The molecule has 0 fully saturated rings. The maximum Gasteiger partial charge on any atom is 0.139 e. The highest BCUT2D eigenvalue weighted by molar-refractivity contribution is 6.10. The zero-order valence-corrected chi connectivity index (χ0v) is 25.3. The van der Waals surface area contributed by atoms with E-state index in [-0.39, 0.29) is 0 Å². The summed E-state index contributed by atoms with van der Waals surface area (Å²) in [6.45, 7) is 0. The van der Waals surface area contributed by atoms with Gasteiger partial charge in [0.2, 0.25) is 0 Å². The Kier molecular flexibility index (Phi) is 6.16. The number of nitrogens with zero attached hydrogens (tertiary/aromatic N) is 4. The highest BCUT2D eigenvalue weighted by Gasteiger charge is 2.16. The lowest BCUT2D eigenvalue weighted by Gasteiger charge is -2.11. The molecule has 0 aliphatic heterocycles. The number of hydrogen-bond donors (Lipinski definition) is 0. The predicted molar refractivity (Wildman–Crippen MR) is 192 cm³/mol. The monoisotopic (exact) mass is 598 g/mol. The van der Waals surface area contributed by atoms with Crippen LogP contribution in [0.3, 0.4) is 0 Å². The molecule has 0 amide bonds. The molecule has 3 aromatic heterocycles. The maximum absolute atomic E-state index is 10.2. The molecule has 218 valence electrons. The number of aromatic nitrogens is 3. The summed E-state index contributed by atoms with van der Waals surface area (Å²) in [5.74, 6) is 0.722. The van der Waals surface area contributed by atoms with Crippen LogP contribution in [0.25, 0.3) is 82.7 Å². The van der Waals surface area contributed by atoms with Crippen molar-refractivity contribution in [1.29, 1.82) is 5.26 Å². The van der Waals surface area contributed by atoms with Crippen LogP contribution in [0.1, 0.15) is 5.56 Å². The normalized spacial score (nSPS) is 11.4. The summed E-state index contributed by atoms with van der Waals surface area (Å²) < 4.78 is 2.18. The average molecular weight is 599 g/mol. The van der Waals surface area contributed by atoms with E-state index in [1.807, 2.05) is 30.3 Å². The Morgan fingerprint density at radius 1 is 0.489 bits per heavy atom. The first-order chi connectivity index (χ1) is 23.2. The Morgan fingerprint density at radius 2 is 1.15 bits per heavy atom.